The molecule has 0 radical (unpaired) electrons. The Hall–Kier alpha value is -2.34. The molecular weight excluding hydrogens is 228 g/mol. The van der Waals surface area contributed by atoms with Crippen LogP contribution in [-0.4, -0.2) is 0 Å². The second-order valence-electron chi connectivity index (χ2n) is 4.95. The van der Waals surface area contributed by atoms with Gasteiger partial charge in [-0.3, -0.25) is 0 Å². The summed E-state index contributed by atoms with van der Waals surface area (Å²) in [5.74, 6) is 0. The molecule has 0 aliphatic heterocycles. The second-order valence-corrected chi connectivity index (χ2v) is 4.95. The third kappa shape index (κ3) is 1.86. The Bertz CT molecular complexity index is 753. The predicted molar refractivity (Wildman–Crippen MR) is 85.3 cm³/mol. The van der Waals surface area contributed by atoms with E-state index >= 15 is 0 Å². The molecule has 19 heavy (non-hydrogen) atoms. The van der Waals surface area contributed by atoms with E-state index in [1.165, 1.54) is 27.1 Å². The normalized spacial score (nSPS) is 10.8. The molecule has 0 heteroatoms. The van der Waals surface area contributed by atoms with Gasteiger partial charge < -0.3 is 0 Å². The Morgan fingerprint density at radius 3 is 1.74 bits per heavy atom. The summed E-state index contributed by atoms with van der Waals surface area (Å²) in [4.78, 5) is 0. The van der Waals surface area contributed by atoms with Gasteiger partial charge in [-0.15, -0.1) is 0 Å². The number of hydrogen-bond acceptors (Lipinski definition) is 0. The molecule has 0 saturated carbocycles. The van der Waals surface area contributed by atoms with Crippen molar-refractivity contribution in [1.29, 1.82) is 0 Å². The second kappa shape index (κ2) is 4.40. The van der Waals surface area contributed by atoms with E-state index in [1.54, 1.807) is 0 Å². The van der Waals surface area contributed by atoms with E-state index in [0.717, 1.165) is 11.1 Å². The molecule has 0 aliphatic carbocycles. The first-order valence-electron chi connectivity index (χ1n) is 6.44. The highest BCUT2D eigenvalue weighted by Gasteiger charge is 2.10. The highest BCUT2D eigenvalue weighted by molar-refractivity contribution is 6.10. The van der Waals surface area contributed by atoms with Crippen LogP contribution in [0.25, 0.3) is 27.1 Å². The smallest absolute Gasteiger partial charge is 0.00303 e. The molecule has 0 amide bonds. The molecule has 3 rings (SSSR count). The Balaban J connectivity index is 2.53. The summed E-state index contributed by atoms with van der Waals surface area (Å²) >= 11 is 0. The van der Waals surface area contributed by atoms with Crippen LogP contribution in [-0.2, 0) is 0 Å². The molecule has 92 valence electrons. The Morgan fingerprint density at radius 1 is 0.789 bits per heavy atom. The topological polar surface area (TPSA) is 0 Å². The van der Waals surface area contributed by atoms with Crippen molar-refractivity contribution in [3.63, 3.8) is 0 Å². The molecule has 0 nitrogen and oxygen atoms in total. The summed E-state index contributed by atoms with van der Waals surface area (Å²) in [7, 11) is 0. The lowest BCUT2D eigenvalue weighted by molar-refractivity contribution is 1.57. The zero-order valence-corrected chi connectivity index (χ0v) is 11.1. The third-order valence-corrected chi connectivity index (χ3v) is 3.59. The van der Waals surface area contributed by atoms with Gasteiger partial charge in [0.1, 0.15) is 0 Å². The van der Waals surface area contributed by atoms with Gasteiger partial charge in [-0.05, 0) is 45.7 Å². The average molecular weight is 244 g/mol. The molecule has 0 saturated heterocycles. The molecule has 0 heterocycles. The predicted octanol–water partition coefficient (Wildman–Crippen LogP) is 5.58. The van der Waals surface area contributed by atoms with Crippen molar-refractivity contribution in [2.75, 3.05) is 0 Å². The first-order valence-corrected chi connectivity index (χ1v) is 6.44. The molecular formula is C19H16. The molecule has 0 unspecified atom stereocenters. The van der Waals surface area contributed by atoms with Crippen molar-refractivity contribution in [3.8, 4) is 0 Å². The fourth-order valence-corrected chi connectivity index (χ4v) is 2.55. The van der Waals surface area contributed by atoms with Crippen molar-refractivity contribution in [2.24, 2.45) is 0 Å². The molecule has 0 aromatic heterocycles. The van der Waals surface area contributed by atoms with E-state index in [0.29, 0.717) is 0 Å². The maximum absolute atomic E-state index is 4.23. The molecule has 3 aromatic rings. The third-order valence-electron chi connectivity index (χ3n) is 3.59. The summed E-state index contributed by atoms with van der Waals surface area (Å²) in [6, 6.07) is 19.2. The van der Waals surface area contributed by atoms with Gasteiger partial charge in [0.05, 0.1) is 0 Å². The van der Waals surface area contributed by atoms with E-state index in [-0.39, 0.29) is 0 Å². The van der Waals surface area contributed by atoms with Gasteiger partial charge in [0.25, 0.3) is 0 Å². The van der Waals surface area contributed by atoms with Gasteiger partial charge in [-0.25, -0.2) is 0 Å². The Labute approximate surface area is 113 Å². The zero-order valence-electron chi connectivity index (χ0n) is 11.1. The fourth-order valence-electron chi connectivity index (χ4n) is 2.55. The molecule has 0 aliphatic rings. The lowest BCUT2D eigenvalue weighted by Crippen LogP contribution is -1.89. The van der Waals surface area contributed by atoms with E-state index in [1.807, 2.05) is 6.92 Å². The Kier molecular flexibility index (Phi) is 2.72. The summed E-state index contributed by atoms with van der Waals surface area (Å²) in [5, 5.41) is 4.99. The van der Waals surface area contributed by atoms with E-state index in [4.69, 9.17) is 0 Å². The van der Waals surface area contributed by atoms with Crippen molar-refractivity contribution in [3.05, 3.63) is 78.9 Å². The van der Waals surface area contributed by atoms with Crippen LogP contribution in [0.5, 0.6) is 0 Å². The summed E-state index contributed by atoms with van der Waals surface area (Å²) in [6.07, 6.45) is 0. The molecule has 0 bridgehead atoms. The maximum atomic E-state index is 4.23. The highest BCUT2D eigenvalue weighted by Crippen LogP contribution is 2.34. The fraction of sp³-hybridized carbons (Fsp3) is 0.0526. The minimum atomic E-state index is 1.02. The largest absolute Gasteiger partial charge is 0.0955 e. The monoisotopic (exact) mass is 244 g/mol. The van der Waals surface area contributed by atoms with Crippen LogP contribution >= 0.6 is 0 Å². The number of benzene rings is 3. The first-order chi connectivity index (χ1) is 9.18. The van der Waals surface area contributed by atoms with Crippen LogP contribution in [0.1, 0.15) is 12.5 Å². The van der Waals surface area contributed by atoms with Crippen molar-refractivity contribution in [1.82, 2.24) is 0 Å². The minimum absolute atomic E-state index is 1.02. The lowest BCUT2D eigenvalue weighted by Gasteiger charge is -2.13. The van der Waals surface area contributed by atoms with Crippen LogP contribution in [0.15, 0.2) is 73.3 Å². The van der Waals surface area contributed by atoms with Crippen molar-refractivity contribution in [2.45, 2.75) is 6.92 Å². The molecule has 0 spiro atoms. The number of hydrogen-bond donors (Lipinski definition) is 0. The molecule has 0 atom stereocenters. The number of fused-ring (bicyclic) bond motifs is 2. The zero-order chi connectivity index (χ0) is 13.4. The first kappa shape index (κ1) is 11.7. The summed E-state index contributed by atoms with van der Waals surface area (Å²) in [6.45, 7) is 10.3. The molecule has 0 N–H and O–H groups in total. The van der Waals surface area contributed by atoms with E-state index < -0.39 is 0 Å². The number of rotatable bonds is 2. The van der Waals surface area contributed by atoms with Crippen LogP contribution in [0, 0.1) is 0 Å². The van der Waals surface area contributed by atoms with Crippen molar-refractivity contribution >= 4 is 27.1 Å². The van der Waals surface area contributed by atoms with Gasteiger partial charge in [0.2, 0.25) is 0 Å². The van der Waals surface area contributed by atoms with Crippen LogP contribution in [0.3, 0.4) is 0 Å². The maximum Gasteiger partial charge on any atom is -0.00303 e. The summed E-state index contributed by atoms with van der Waals surface area (Å²) < 4.78 is 0. The minimum Gasteiger partial charge on any atom is -0.0955 e. The van der Waals surface area contributed by atoms with E-state index in [2.05, 4.69) is 67.8 Å². The molecule has 0 fully saturated rings. The quantitative estimate of drug-likeness (QED) is 0.407. The summed E-state index contributed by atoms with van der Waals surface area (Å²) in [5.41, 5.74) is 3.25. The standard InChI is InChI=1S/C19H16/c1-13(2)14(3)19-17-10-6-4-8-15(17)12-16-9-5-7-11-18(16)19/h4-12H,1,3H2,2H3. The van der Waals surface area contributed by atoms with Crippen molar-refractivity contribution < 1.29 is 0 Å². The van der Waals surface area contributed by atoms with Crippen LogP contribution in [0.2, 0.25) is 0 Å². The van der Waals surface area contributed by atoms with E-state index in [9.17, 15) is 0 Å². The van der Waals surface area contributed by atoms with Gasteiger partial charge in [-0.1, -0.05) is 67.3 Å². The average Bonchev–Trinajstić information content (AvgIpc) is 2.43. The molecule has 3 aromatic carbocycles. The van der Waals surface area contributed by atoms with Gasteiger partial charge >= 0.3 is 0 Å². The highest BCUT2D eigenvalue weighted by atomic mass is 14.1. The SMILES string of the molecule is C=C(C)C(=C)c1c2ccccc2cc2ccccc12. The van der Waals surface area contributed by atoms with Crippen LogP contribution < -0.4 is 0 Å². The van der Waals surface area contributed by atoms with Gasteiger partial charge in [0.15, 0.2) is 0 Å². The Morgan fingerprint density at radius 2 is 1.26 bits per heavy atom. The van der Waals surface area contributed by atoms with Crippen LogP contribution in [0.4, 0.5) is 0 Å². The lowest BCUT2D eigenvalue weighted by atomic mass is 9.90. The van der Waals surface area contributed by atoms with Gasteiger partial charge in [0, 0.05) is 0 Å². The van der Waals surface area contributed by atoms with Gasteiger partial charge in [-0.2, -0.15) is 0 Å². The number of allylic oxidation sites excluding steroid dienone is 2.